The van der Waals surface area contributed by atoms with E-state index in [1.54, 1.807) is 0 Å². The summed E-state index contributed by atoms with van der Waals surface area (Å²) in [5.41, 5.74) is 4.92. The molecule has 2 nitrogen and oxygen atoms in total. The molecule has 158 valence electrons. The first kappa shape index (κ1) is 22.5. The van der Waals surface area contributed by atoms with Crippen molar-refractivity contribution in [3.63, 3.8) is 0 Å². The number of ether oxygens (including phenoxy) is 1. The smallest absolute Gasteiger partial charge is 0.316 e. The van der Waals surface area contributed by atoms with Crippen LogP contribution in [0.25, 0.3) is 0 Å². The Kier molecular flexibility index (Phi) is 6.98. The molecule has 0 aliphatic heterocycles. The van der Waals surface area contributed by atoms with Crippen molar-refractivity contribution in [2.24, 2.45) is 11.3 Å². The molecule has 0 N–H and O–H groups in total. The Morgan fingerprint density at radius 1 is 0.933 bits per heavy atom. The van der Waals surface area contributed by atoms with E-state index in [0.717, 1.165) is 11.7 Å². The van der Waals surface area contributed by atoms with Gasteiger partial charge in [0.05, 0.1) is 12.5 Å². The molecule has 0 aromatic heterocycles. The molecule has 2 aromatic rings. The molecule has 0 heterocycles. The van der Waals surface area contributed by atoms with Gasteiger partial charge in [-0.3, -0.25) is 4.79 Å². The summed E-state index contributed by atoms with van der Waals surface area (Å²) in [6.07, 6.45) is 5.05. The minimum absolute atomic E-state index is 0.0419. The lowest BCUT2D eigenvalue weighted by Crippen LogP contribution is -2.23. The number of allylic oxidation sites excluding steroid dienone is 2. The largest absolute Gasteiger partial charge is 0.465 e. The maximum Gasteiger partial charge on any atom is 0.316 e. The van der Waals surface area contributed by atoms with Crippen molar-refractivity contribution < 1.29 is 9.53 Å². The Bertz CT molecular complexity index is 933. The van der Waals surface area contributed by atoms with E-state index in [2.05, 4.69) is 95.3 Å². The normalized spacial score (nSPS) is 16.4. The van der Waals surface area contributed by atoms with Crippen LogP contribution in [0.5, 0.6) is 0 Å². The molecule has 0 bridgehead atoms. The number of hydrogen-bond donors (Lipinski definition) is 0. The van der Waals surface area contributed by atoms with Crippen molar-refractivity contribution in [1.82, 2.24) is 0 Å². The van der Waals surface area contributed by atoms with Crippen molar-refractivity contribution in [1.29, 1.82) is 0 Å². The van der Waals surface area contributed by atoms with Crippen LogP contribution >= 0.6 is 7.92 Å². The van der Waals surface area contributed by atoms with Crippen LogP contribution in [-0.4, -0.2) is 18.7 Å². The van der Waals surface area contributed by atoms with Crippen LogP contribution in [0.2, 0.25) is 0 Å². The highest BCUT2D eigenvalue weighted by Crippen LogP contribution is 2.37. The van der Waals surface area contributed by atoms with Gasteiger partial charge in [-0.25, -0.2) is 0 Å². The van der Waals surface area contributed by atoms with E-state index >= 15 is 0 Å². The summed E-state index contributed by atoms with van der Waals surface area (Å²) in [7, 11) is -0.581. The van der Waals surface area contributed by atoms with Gasteiger partial charge in [0.1, 0.15) is 0 Å². The second kappa shape index (κ2) is 9.31. The van der Waals surface area contributed by atoms with Crippen LogP contribution in [0.3, 0.4) is 0 Å². The highest BCUT2D eigenvalue weighted by Gasteiger charge is 2.29. The molecule has 1 atom stereocenters. The average molecular weight is 421 g/mol. The van der Waals surface area contributed by atoms with Crippen molar-refractivity contribution in [3.8, 4) is 0 Å². The van der Waals surface area contributed by atoms with Gasteiger partial charge in [0.25, 0.3) is 0 Å². The second-order valence-electron chi connectivity index (χ2n) is 9.13. The Morgan fingerprint density at radius 3 is 1.93 bits per heavy atom. The molecule has 0 fully saturated rings. The molecule has 0 radical (unpaired) electrons. The topological polar surface area (TPSA) is 26.3 Å². The number of carbonyl (C=O) groups is 1. The predicted molar refractivity (Wildman–Crippen MR) is 129 cm³/mol. The van der Waals surface area contributed by atoms with Gasteiger partial charge < -0.3 is 4.74 Å². The van der Waals surface area contributed by atoms with Gasteiger partial charge in [0.15, 0.2) is 0 Å². The summed E-state index contributed by atoms with van der Waals surface area (Å²) in [6.45, 7) is 13.3. The lowest BCUT2D eigenvalue weighted by Gasteiger charge is -2.22. The van der Waals surface area contributed by atoms with Crippen molar-refractivity contribution >= 4 is 24.5 Å². The Balaban J connectivity index is 1.74. The maximum absolute atomic E-state index is 12.8. The molecule has 1 aliphatic carbocycles. The van der Waals surface area contributed by atoms with Gasteiger partial charge in [-0.15, -0.1) is 0 Å². The number of esters is 1. The summed E-state index contributed by atoms with van der Waals surface area (Å²) in [4.78, 5) is 12.8. The summed E-state index contributed by atoms with van der Waals surface area (Å²) >= 11 is 0. The second-order valence-corrected chi connectivity index (χ2v) is 11.4. The van der Waals surface area contributed by atoms with Crippen LogP contribution in [0.4, 0.5) is 0 Å². The maximum atomic E-state index is 12.8. The third kappa shape index (κ3) is 5.10. The first-order valence-electron chi connectivity index (χ1n) is 10.6. The summed E-state index contributed by atoms with van der Waals surface area (Å²) in [5.74, 6) is -0.380. The lowest BCUT2D eigenvalue weighted by molar-refractivity contribution is -0.144. The molecule has 1 unspecified atom stereocenters. The molecule has 0 saturated heterocycles. The van der Waals surface area contributed by atoms with Gasteiger partial charge in [0, 0.05) is 6.16 Å². The standard InChI is InChI=1S/C27H33O2P/c1-19-11-7-9-13-24(19)30(25-14-10-8-12-20(25)2)16-15-29-26(28)23-18-22(17-21(23)3)27(4,5)6/h7-14,17-18,23H,15-16H2,1-6H3. The molecule has 2 aromatic carbocycles. The Labute approximate surface area is 182 Å². The molecule has 0 saturated carbocycles. The van der Waals surface area contributed by atoms with E-state index in [9.17, 15) is 4.79 Å². The molecule has 0 amide bonds. The predicted octanol–water partition coefficient (Wildman–Crippen LogP) is 5.83. The molecule has 0 spiro atoms. The van der Waals surface area contributed by atoms with Gasteiger partial charge >= 0.3 is 5.97 Å². The highest BCUT2D eigenvalue weighted by atomic mass is 31.1. The first-order chi connectivity index (χ1) is 14.2. The van der Waals surface area contributed by atoms with Gasteiger partial charge in [0.2, 0.25) is 0 Å². The minimum Gasteiger partial charge on any atom is -0.465 e. The third-order valence-corrected chi connectivity index (χ3v) is 8.51. The van der Waals surface area contributed by atoms with E-state index in [4.69, 9.17) is 4.74 Å². The van der Waals surface area contributed by atoms with E-state index in [1.165, 1.54) is 27.3 Å². The van der Waals surface area contributed by atoms with Crippen molar-refractivity contribution in [2.45, 2.75) is 41.5 Å². The Hall–Kier alpha value is -2.18. The molecule has 30 heavy (non-hydrogen) atoms. The number of rotatable bonds is 6. The van der Waals surface area contributed by atoms with Crippen molar-refractivity contribution in [3.05, 3.63) is 83.0 Å². The fourth-order valence-electron chi connectivity index (χ4n) is 3.85. The third-order valence-electron chi connectivity index (χ3n) is 5.71. The SMILES string of the molecule is CC1=CC(C(C)(C)C)=CC1C(=O)OCCP(c1ccccc1C)c1ccccc1C. The van der Waals surface area contributed by atoms with E-state index < -0.39 is 7.92 Å². The summed E-state index contributed by atoms with van der Waals surface area (Å²) < 4.78 is 5.80. The Morgan fingerprint density at radius 2 is 1.47 bits per heavy atom. The number of benzene rings is 2. The molecular formula is C27H33O2P. The fourth-order valence-corrected chi connectivity index (χ4v) is 6.39. The number of aryl methyl sites for hydroxylation is 2. The fraction of sp³-hybridized carbons (Fsp3) is 0.370. The average Bonchev–Trinajstić information content (AvgIpc) is 3.09. The highest BCUT2D eigenvalue weighted by molar-refractivity contribution is 7.73. The van der Waals surface area contributed by atoms with Crippen LogP contribution in [0, 0.1) is 25.2 Å². The molecule has 3 heteroatoms. The monoisotopic (exact) mass is 420 g/mol. The lowest BCUT2D eigenvalue weighted by atomic mass is 9.87. The first-order valence-corrected chi connectivity index (χ1v) is 12.2. The van der Waals surface area contributed by atoms with Gasteiger partial charge in [-0.05, 0) is 61.4 Å². The molecule has 3 rings (SSSR count). The molecule has 1 aliphatic rings. The minimum atomic E-state index is -0.581. The quantitative estimate of drug-likeness (QED) is 0.434. The summed E-state index contributed by atoms with van der Waals surface area (Å²) in [5, 5.41) is 2.73. The van der Waals surface area contributed by atoms with Gasteiger partial charge in [-0.1, -0.05) is 87.0 Å². The zero-order valence-corrected chi connectivity index (χ0v) is 19.9. The van der Waals surface area contributed by atoms with E-state index in [-0.39, 0.29) is 17.3 Å². The van der Waals surface area contributed by atoms with Gasteiger partial charge in [-0.2, -0.15) is 0 Å². The zero-order valence-electron chi connectivity index (χ0n) is 19.0. The molecular weight excluding hydrogens is 387 g/mol. The van der Waals surface area contributed by atoms with Crippen LogP contribution in [0.15, 0.2) is 71.8 Å². The number of carbonyl (C=O) groups excluding carboxylic acids is 1. The van der Waals surface area contributed by atoms with E-state index in [1.807, 2.05) is 6.92 Å². The van der Waals surface area contributed by atoms with E-state index in [0.29, 0.717) is 6.61 Å². The van der Waals surface area contributed by atoms with Crippen LogP contribution in [-0.2, 0) is 9.53 Å². The van der Waals surface area contributed by atoms with Crippen molar-refractivity contribution in [2.75, 3.05) is 12.8 Å². The zero-order chi connectivity index (χ0) is 21.9. The van der Waals surface area contributed by atoms with Crippen LogP contribution < -0.4 is 10.6 Å². The summed E-state index contributed by atoms with van der Waals surface area (Å²) in [6, 6.07) is 17.1. The van der Waals surface area contributed by atoms with Crippen LogP contribution in [0.1, 0.15) is 38.8 Å². The number of hydrogen-bond acceptors (Lipinski definition) is 2.